The van der Waals surface area contributed by atoms with Crippen molar-refractivity contribution in [3.63, 3.8) is 0 Å². The van der Waals surface area contributed by atoms with Crippen molar-refractivity contribution in [1.82, 2.24) is 36.0 Å². The molecule has 4 rings (SSSR count). The van der Waals surface area contributed by atoms with Crippen LogP contribution in [0.4, 0.5) is 0 Å². The van der Waals surface area contributed by atoms with E-state index in [1.807, 2.05) is 19.9 Å². The van der Waals surface area contributed by atoms with Crippen LogP contribution in [0.3, 0.4) is 0 Å². The van der Waals surface area contributed by atoms with Gasteiger partial charge < -0.3 is 4.98 Å². The number of amides is 2. The van der Waals surface area contributed by atoms with E-state index in [1.54, 1.807) is 36.4 Å². The van der Waals surface area contributed by atoms with Crippen molar-refractivity contribution in [2.45, 2.75) is 13.8 Å². The molecular weight excluding hydrogens is 358 g/mol. The lowest BCUT2D eigenvalue weighted by atomic mass is 10.1. The van der Waals surface area contributed by atoms with Crippen molar-refractivity contribution in [3.05, 3.63) is 71.2 Å². The van der Waals surface area contributed by atoms with Gasteiger partial charge in [0, 0.05) is 27.7 Å². The molecule has 0 saturated carbocycles. The lowest BCUT2D eigenvalue weighted by Gasteiger charge is -2.08. The highest BCUT2D eigenvalue weighted by Crippen LogP contribution is 2.22. The molecule has 3 N–H and O–H groups in total. The molecule has 4 aromatic rings. The molecule has 9 heteroatoms. The van der Waals surface area contributed by atoms with Gasteiger partial charge in [-0.15, -0.1) is 5.10 Å². The number of hydrogen-bond donors (Lipinski definition) is 3. The molecule has 0 unspecified atom stereocenters. The maximum Gasteiger partial charge on any atom is 0.269 e. The van der Waals surface area contributed by atoms with Crippen molar-refractivity contribution >= 4 is 22.7 Å². The molecule has 0 saturated heterocycles. The number of benzene rings is 2. The zero-order valence-electron chi connectivity index (χ0n) is 15.2. The Hall–Kier alpha value is -4.01. The summed E-state index contributed by atoms with van der Waals surface area (Å²) >= 11 is 0. The summed E-state index contributed by atoms with van der Waals surface area (Å²) in [6.45, 7) is 3.98. The van der Waals surface area contributed by atoms with E-state index in [9.17, 15) is 9.59 Å². The second-order valence-corrected chi connectivity index (χ2v) is 6.34. The van der Waals surface area contributed by atoms with Gasteiger partial charge in [0.2, 0.25) is 0 Å². The first kappa shape index (κ1) is 17.4. The smallest absolute Gasteiger partial charge is 0.269 e. The van der Waals surface area contributed by atoms with E-state index >= 15 is 0 Å². The number of hydrazine groups is 1. The Bertz CT molecular complexity index is 1160. The molecule has 0 aliphatic rings. The minimum atomic E-state index is -0.425. The number of rotatable bonds is 3. The largest absolute Gasteiger partial charge is 0.358 e. The second-order valence-electron chi connectivity index (χ2n) is 6.34. The zero-order chi connectivity index (χ0) is 19.7. The SMILES string of the molecule is Cc1[nH]c2ccc(C(=O)NNC(=O)c3ccc(-n4cnnn4)cc3)cc2c1C. The topological polar surface area (TPSA) is 118 Å². The summed E-state index contributed by atoms with van der Waals surface area (Å²) in [5.41, 5.74) is 9.57. The van der Waals surface area contributed by atoms with Gasteiger partial charge in [-0.3, -0.25) is 20.4 Å². The number of aromatic amines is 1. The minimum absolute atomic E-state index is 0.390. The van der Waals surface area contributed by atoms with Gasteiger partial charge in [0.1, 0.15) is 6.33 Å². The summed E-state index contributed by atoms with van der Waals surface area (Å²) in [6, 6.07) is 12.0. The number of hydrogen-bond acceptors (Lipinski definition) is 5. The average Bonchev–Trinajstić information content (AvgIpc) is 3.35. The highest BCUT2D eigenvalue weighted by Gasteiger charge is 2.12. The predicted molar refractivity (Wildman–Crippen MR) is 102 cm³/mol. The molecule has 9 nitrogen and oxygen atoms in total. The number of carbonyl (C=O) groups excluding carboxylic acids is 2. The normalized spacial score (nSPS) is 10.8. The molecule has 0 bridgehead atoms. The van der Waals surface area contributed by atoms with Crippen LogP contribution in [0.1, 0.15) is 32.0 Å². The van der Waals surface area contributed by atoms with Crippen molar-refractivity contribution in [1.29, 1.82) is 0 Å². The Morgan fingerprint density at radius 2 is 1.64 bits per heavy atom. The van der Waals surface area contributed by atoms with Gasteiger partial charge in [0.15, 0.2) is 0 Å². The highest BCUT2D eigenvalue weighted by atomic mass is 16.2. The Morgan fingerprint density at radius 1 is 0.964 bits per heavy atom. The molecule has 2 aromatic heterocycles. The number of aryl methyl sites for hydroxylation is 2. The first-order chi connectivity index (χ1) is 13.5. The Balaban J connectivity index is 1.43. The van der Waals surface area contributed by atoms with E-state index in [4.69, 9.17) is 0 Å². The van der Waals surface area contributed by atoms with Gasteiger partial charge in [-0.25, -0.2) is 4.68 Å². The number of aromatic nitrogens is 5. The minimum Gasteiger partial charge on any atom is -0.358 e. The van der Waals surface area contributed by atoms with Crippen LogP contribution in [-0.2, 0) is 0 Å². The fourth-order valence-electron chi connectivity index (χ4n) is 2.91. The summed E-state index contributed by atoms with van der Waals surface area (Å²) in [4.78, 5) is 27.9. The lowest BCUT2D eigenvalue weighted by molar-refractivity contribution is 0.0847. The van der Waals surface area contributed by atoms with Gasteiger partial charge in [-0.2, -0.15) is 0 Å². The lowest BCUT2D eigenvalue weighted by Crippen LogP contribution is -2.41. The average molecular weight is 375 g/mol. The summed E-state index contributed by atoms with van der Waals surface area (Å²) in [5.74, 6) is -0.815. The highest BCUT2D eigenvalue weighted by molar-refractivity contribution is 6.01. The number of H-pyrrole nitrogens is 1. The quantitative estimate of drug-likeness (QED) is 0.472. The van der Waals surface area contributed by atoms with Crippen LogP contribution in [0.15, 0.2) is 48.8 Å². The summed E-state index contributed by atoms with van der Waals surface area (Å²) in [5, 5.41) is 11.9. The van der Waals surface area contributed by atoms with Crippen LogP contribution in [0.2, 0.25) is 0 Å². The van der Waals surface area contributed by atoms with Crippen LogP contribution in [0.5, 0.6) is 0 Å². The molecule has 140 valence electrons. The van der Waals surface area contributed by atoms with Gasteiger partial charge >= 0.3 is 0 Å². The van der Waals surface area contributed by atoms with E-state index in [2.05, 4.69) is 31.4 Å². The van der Waals surface area contributed by atoms with Crippen LogP contribution in [0.25, 0.3) is 16.6 Å². The summed E-state index contributed by atoms with van der Waals surface area (Å²) < 4.78 is 1.48. The van der Waals surface area contributed by atoms with E-state index in [1.165, 1.54) is 11.0 Å². The van der Waals surface area contributed by atoms with Crippen LogP contribution < -0.4 is 10.9 Å². The van der Waals surface area contributed by atoms with Gasteiger partial charge in [0.25, 0.3) is 11.8 Å². The van der Waals surface area contributed by atoms with Crippen LogP contribution in [0, 0.1) is 13.8 Å². The van der Waals surface area contributed by atoms with Crippen molar-refractivity contribution < 1.29 is 9.59 Å². The molecule has 0 radical (unpaired) electrons. The van der Waals surface area contributed by atoms with E-state index in [-0.39, 0.29) is 5.91 Å². The molecule has 0 aliphatic heterocycles. The summed E-state index contributed by atoms with van der Waals surface area (Å²) in [6.07, 6.45) is 1.46. The Labute approximate surface area is 159 Å². The zero-order valence-corrected chi connectivity index (χ0v) is 15.2. The fraction of sp³-hybridized carbons (Fsp3) is 0.105. The molecular formula is C19H17N7O2. The van der Waals surface area contributed by atoms with Gasteiger partial charge in [-0.05, 0) is 72.3 Å². The number of fused-ring (bicyclic) bond motifs is 1. The third kappa shape index (κ3) is 3.20. The molecule has 2 heterocycles. The van der Waals surface area contributed by atoms with Crippen LogP contribution >= 0.6 is 0 Å². The maximum atomic E-state index is 12.4. The fourth-order valence-corrected chi connectivity index (χ4v) is 2.91. The third-order valence-corrected chi connectivity index (χ3v) is 4.60. The van der Waals surface area contributed by atoms with Crippen LogP contribution in [-0.4, -0.2) is 37.0 Å². The molecule has 28 heavy (non-hydrogen) atoms. The number of nitrogens with one attached hydrogen (secondary N) is 3. The van der Waals surface area contributed by atoms with E-state index in [0.717, 1.165) is 27.8 Å². The monoisotopic (exact) mass is 375 g/mol. The number of carbonyl (C=O) groups is 2. The second kappa shape index (κ2) is 6.95. The van der Waals surface area contributed by atoms with E-state index in [0.29, 0.717) is 11.1 Å². The molecule has 2 aromatic carbocycles. The first-order valence-electron chi connectivity index (χ1n) is 8.56. The van der Waals surface area contributed by atoms with Crippen molar-refractivity contribution in [2.24, 2.45) is 0 Å². The molecule has 0 spiro atoms. The molecule has 2 amide bonds. The molecule has 0 atom stereocenters. The standard InChI is InChI=1S/C19H17N7O2/c1-11-12(2)21-17-8-5-14(9-16(11)17)19(28)23-22-18(27)13-3-6-15(7-4-13)26-10-20-24-25-26/h3-10,21H,1-2H3,(H,22,27)(H,23,28). The van der Waals surface area contributed by atoms with E-state index < -0.39 is 5.91 Å². The van der Waals surface area contributed by atoms with Crippen molar-refractivity contribution in [2.75, 3.05) is 0 Å². The number of tetrazole rings is 1. The summed E-state index contributed by atoms with van der Waals surface area (Å²) in [7, 11) is 0. The maximum absolute atomic E-state index is 12.4. The molecule has 0 aliphatic carbocycles. The van der Waals surface area contributed by atoms with Gasteiger partial charge in [0.05, 0.1) is 5.69 Å². The first-order valence-corrected chi connectivity index (χ1v) is 8.56. The Morgan fingerprint density at radius 3 is 2.32 bits per heavy atom. The van der Waals surface area contributed by atoms with Gasteiger partial charge in [-0.1, -0.05) is 0 Å². The predicted octanol–water partition coefficient (Wildman–Crippen LogP) is 1.84. The molecule has 0 fully saturated rings. The van der Waals surface area contributed by atoms with Crippen molar-refractivity contribution in [3.8, 4) is 5.69 Å². The Kier molecular flexibility index (Phi) is 4.32. The number of nitrogens with zero attached hydrogens (tertiary/aromatic N) is 4. The third-order valence-electron chi connectivity index (χ3n) is 4.60.